The summed E-state index contributed by atoms with van der Waals surface area (Å²) in [5.74, 6) is 0.993. The van der Waals surface area contributed by atoms with Crippen LogP contribution >= 0.6 is 24.0 Å². The fourth-order valence-corrected chi connectivity index (χ4v) is 3.72. The Bertz CT molecular complexity index is 634. The van der Waals surface area contributed by atoms with Crippen LogP contribution in [0.25, 0.3) is 0 Å². The van der Waals surface area contributed by atoms with E-state index in [2.05, 4.69) is 32.8 Å². The molecule has 1 aliphatic carbocycles. The number of halogens is 1. The number of rotatable bonds is 9. The van der Waals surface area contributed by atoms with Crippen LogP contribution in [0.4, 0.5) is 4.79 Å². The number of carbonyl (C=O) groups excluding carboxylic acids is 2. The molecule has 3 N–H and O–H groups in total. The lowest BCUT2D eigenvalue weighted by Gasteiger charge is -2.26. The zero-order chi connectivity index (χ0) is 23.0. The number of alkyl carbamates (subject to hydrolysis) is 1. The molecule has 0 aromatic carbocycles. The van der Waals surface area contributed by atoms with E-state index in [1.54, 1.807) is 14.1 Å². The van der Waals surface area contributed by atoms with Gasteiger partial charge in [0, 0.05) is 33.2 Å². The molecule has 186 valence electrons. The lowest BCUT2D eigenvalue weighted by atomic mass is 10.2. The molecule has 1 heterocycles. The summed E-state index contributed by atoms with van der Waals surface area (Å²) >= 11 is 0. The molecule has 0 spiro atoms. The number of hydrogen-bond donors (Lipinski definition) is 3. The summed E-state index contributed by atoms with van der Waals surface area (Å²) in [6.45, 7) is 11.3. The van der Waals surface area contributed by atoms with Crippen molar-refractivity contribution in [2.24, 2.45) is 10.9 Å². The minimum Gasteiger partial charge on any atom is -0.444 e. The van der Waals surface area contributed by atoms with E-state index >= 15 is 0 Å². The molecule has 1 aliphatic heterocycles. The Morgan fingerprint density at radius 1 is 1.19 bits per heavy atom. The van der Waals surface area contributed by atoms with Crippen molar-refractivity contribution in [2.75, 3.05) is 46.8 Å². The molecular weight excluding hydrogens is 523 g/mol. The van der Waals surface area contributed by atoms with Gasteiger partial charge in [-0.25, -0.2) is 9.79 Å². The van der Waals surface area contributed by atoms with Crippen molar-refractivity contribution in [1.29, 1.82) is 0 Å². The predicted molar refractivity (Wildman–Crippen MR) is 139 cm³/mol. The Balaban J connectivity index is 0.00000512. The summed E-state index contributed by atoms with van der Waals surface area (Å²) < 4.78 is 5.42. The lowest BCUT2D eigenvalue weighted by molar-refractivity contribution is -0.127. The van der Waals surface area contributed by atoms with Gasteiger partial charge in [0.25, 0.3) is 0 Å². The van der Waals surface area contributed by atoms with E-state index in [1.165, 1.54) is 11.3 Å². The number of nitrogens with one attached hydrogen (secondary N) is 3. The summed E-state index contributed by atoms with van der Waals surface area (Å²) in [6.07, 6.45) is 4.16. The van der Waals surface area contributed by atoms with Gasteiger partial charge in [0.2, 0.25) is 5.91 Å². The topological polar surface area (TPSA) is 98.3 Å². The van der Waals surface area contributed by atoms with Gasteiger partial charge in [0.15, 0.2) is 5.96 Å². The predicted octanol–water partition coefficient (Wildman–Crippen LogP) is 2.02. The van der Waals surface area contributed by atoms with Crippen LogP contribution in [0, 0.1) is 5.92 Å². The Labute approximate surface area is 210 Å². The van der Waals surface area contributed by atoms with E-state index in [0.717, 1.165) is 38.9 Å². The van der Waals surface area contributed by atoms with Gasteiger partial charge < -0.3 is 25.6 Å². The smallest absolute Gasteiger partial charge is 0.407 e. The molecule has 2 atom stereocenters. The molecule has 2 aliphatic rings. The molecular formula is C22H43IN6O3. The van der Waals surface area contributed by atoms with Gasteiger partial charge in [0.1, 0.15) is 12.1 Å². The maximum absolute atomic E-state index is 12.2. The third kappa shape index (κ3) is 10.5. The molecule has 0 bridgehead atoms. The molecule has 10 heteroatoms. The second-order valence-electron chi connectivity index (χ2n) is 9.73. The number of amides is 2. The van der Waals surface area contributed by atoms with Crippen molar-refractivity contribution >= 4 is 41.9 Å². The van der Waals surface area contributed by atoms with Crippen LogP contribution in [0.2, 0.25) is 0 Å². The van der Waals surface area contributed by atoms with Crippen molar-refractivity contribution in [1.82, 2.24) is 25.8 Å². The molecule has 2 unspecified atom stereocenters. The Morgan fingerprint density at radius 2 is 1.88 bits per heavy atom. The molecule has 1 saturated heterocycles. The quantitative estimate of drug-likeness (QED) is 0.225. The van der Waals surface area contributed by atoms with Crippen LogP contribution in [0.15, 0.2) is 4.99 Å². The molecule has 0 radical (unpaired) electrons. The first kappa shape index (κ1) is 28.7. The number of carbonyl (C=O) groups is 2. The van der Waals surface area contributed by atoms with E-state index in [0.29, 0.717) is 24.5 Å². The summed E-state index contributed by atoms with van der Waals surface area (Å²) in [6, 6.07) is 0.436. The highest BCUT2D eigenvalue weighted by Gasteiger charge is 2.33. The van der Waals surface area contributed by atoms with Crippen LogP contribution < -0.4 is 16.0 Å². The number of guanidine groups is 1. The molecule has 2 fully saturated rings. The van der Waals surface area contributed by atoms with Crippen molar-refractivity contribution in [3.63, 3.8) is 0 Å². The average Bonchev–Trinajstić information content (AvgIpc) is 3.42. The first-order chi connectivity index (χ1) is 14.6. The number of likely N-dealkylation sites (N-methyl/N-ethyl adjacent to an activating group) is 2. The standard InChI is InChI=1S/C22H42N6O3.HI/c1-7-28-12-8-9-17(28)13-23-20(25-15-19(29)27(5)6)24-14-18(16-10-11-16)26-21(30)31-22(2,3)4;/h16-18H,7-15H2,1-6H3,(H,26,30)(H2,23,24,25);1H. The summed E-state index contributed by atoms with van der Waals surface area (Å²) in [5.41, 5.74) is -0.529. The number of nitrogens with zero attached hydrogens (tertiary/aromatic N) is 3. The fourth-order valence-electron chi connectivity index (χ4n) is 3.72. The number of likely N-dealkylation sites (tertiary alicyclic amines) is 1. The molecule has 0 aromatic rings. The van der Waals surface area contributed by atoms with E-state index in [1.807, 2.05) is 20.8 Å². The van der Waals surface area contributed by atoms with Crippen LogP contribution in [0.1, 0.15) is 53.4 Å². The molecule has 2 rings (SSSR count). The van der Waals surface area contributed by atoms with Gasteiger partial charge in [-0.1, -0.05) is 6.92 Å². The zero-order valence-corrected chi connectivity index (χ0v) is 22.9. The molecule has 1 saturated carbocycles. The summed E-state index contributed by atoms with van der Waals surface area (Å²) in [7, 11) is 3.45. The van der Waals surface area contributed by atoms with Crippen molar-refractivity contribution < 1.29 is 14.3 Å². The van der Waals surface area contributed by atoms with Gasteiger partial charge in [0.05, 0.1) is 6.04 Å². The van der Waals surface area contributed by atoms with E-state index < -0.39 is 11.7 Å². The SMILES string of the molecule is CCN1CCCC1CNC(=NCC(=O)N(C)C)NCC(NC(=O)OC(C)(C)C)C1CC1.I. The third-order valence-corrected chi connectivity index (χ3v) is 5.66. The van der Waals surface area contributed by atoms with Gasteiger partial charge in [-0.2, -0.15) is 0 Å². The van der Waals surface area contributed by atoms with Gasteiger partial charge in [-0.05, 0) is 65.5 Å². The van der Waals surface area contributed by atoms with Crippen molar-refractivity contribution in [2.45, 2.75) is 71.1 Å². The van der Waals surface area contributed by atoms with E-state index in [9.17, 15) is 9.59 Å². The third-order valence-electron chi connectivity index (χ3n) is 5.66. The van der Waals surface area contributed by atoms with Crippen LogP contribution in [0.5, 0.6) is 0 Å². The highest BCUT2D eigenvalue weighted by molar-refractivity contribution is 14.0. The lowest BCUT2D eigenvalue weighted by Crippen LogP contribution is -2.51. The van der Waals surface area contributed by atoms with E-state index in [4.69, 9.17) is 4.74 Å². The zero-order valence-electron chi connectivity index (χ0n) is 20.6. The number of aliphatic imine (C=N–C) groups is 1. The maximum atomic E-state index is 12.2. The Hall–Kier alpha value is -1.30. The normalized spacial score (nSPS) is 20.2. The minimum absolute atomic E-state index is 0. The molecule has 9 nitrogen and oxygen atoms in total. The van der Waals surface area contributed by atoms with Crippen LogP contribution in [-0.4, -0.2) is 92.3 Å². The highest BCUT2D eigenvalue weighted by atomic mass is 127. The Morgan fingerprint density at radius 3 is 2.44 bits per heavy atom. The molecule has 2 amide bonds. The first-order valence-corrected chi connectivity index (χ1v) is 11.5. The maximum Gasteiger partial charge on any atom is 0.407 e. The Kier molecular flexibility index (Phi) is 12.0. The van der Waals surface area contributed by atoms with E-state index in [-0.39, 0.29) is 42.5 Å². The van der Waals surface area contributed by atoms with Crippen molar-refractivity contribution in [3.05, 3.63) is 0 Å². The molecule has 0 aromatic heterocycles. The fraction of sp³-hybridized carbons (Fsp3) is 0.864. The van der Waals surface area contributed by atoms with Gasteiger partial charge in [-0.15, -0.1) is 24.0 Å². The van der Waals surface area contributed by atoms with Gasteiger partial charge >= 0.3 is 6.09 Å². The second-order valence-corrected chi connectivity index (χ2v) is 9.73. The summed E-state index contributed by atoms with van der Waals surface area (Å²) in [4.78, 5) is 32.8. The largest absolute Gasteiger partial charge is 0.444 e. The number of hydrogen-bond acceptors (Lipinski definition) is 5. The van der Waals surface area contributed by atoms with Gasteiger partial charge in [-0.3, -0.25) is 9.69 Å². The summed E-state index contributed by atoms with van der Waals surface area (Å²) in [5, 5.41) is 9.75. The van der Waals surface area contributed by atoms with Crippen LogP contribution in [0.3, 0.4) is 0 Å². The second kappa shape index (κ2) is 13.4. The van der Waals surface area contributed by atoms with Crippen molar-refractivity contribution in [3.8, 4) is 0 Å². The monoisotopic (exact) mass is 566 g/mol. The molecule has 32 heavy (non-hydrogen) atoms. The first-order valence-electron chi connectivity index (χ1n) is 11.5. The highest BCUT2D eigenvalue weighted by Crippen LogP contribution is 2.32. The minimum atomic E-state index is -0.529. The average molecular weight is 567 g/mol. The van der Waals surface area contributed by atoms with Crippen LogP contribution in [-0.2, 0) is 9.53 Å². The number of ether oxygens (including phenoxy) is 1.